The second kappa shape index (κ2) is 5.63. The van der Waals surface area contributed by atoms with Crippen LogP contribution in [0, 0.1) is 23.7 Å². The molecule has 1 aliphatic rings. The highest BCUT2D eigenvalue weighted by atomic mass is 16.5. The SMILES string of the molecule is COc1ccc(CCN(C)CC2(C#N)CC2)cc1C. The average molecular weight is 258 g/mol. The molecule has 1 aromatic rings. The van der Waals surface area contributed by atoms with Gasteiger partial charge in [0.1, 0.15) is 5.75 Å². The second-order valence-electron chi connectivity index (χ2n) is 5.68. The number of nitrogens with zero attached hydrogens (tertiary/aromatic N) is 2. The van der Waals surface area contributed by atoms with Gasteiger partial charge in [-0.15, -0.1) is 0 Å². The highest BCUT2D eigenvalue weighted by Crippen LogP contribution is 2.45. The first-order valence-corrected chi connectivity index (χ1v) is 6.82. The van der Waals surface area contributed by atoms with Gasteiger partial charge in [0.05, 0.1) is 18.6 Å². The standard InChI is InChI=1S/C16H22N2O/c1-13-10-14(4-5-15(13)19-3)6-9-18(2)12-16(11-17)7-8-16/h4-5,10H,6-9,12H2,1-3H3. The molecule has 0 saturated heterocycles. The lowest BCUT2D eigenvalue weighted by Gasteiger charge is -2.19. The molecular weight excluding hydrogens is 236 g/mol. The molecule has 0 atom stereocenters. The van der Waals surface area contributed by atoms with E-state index >= 15 is 0 Å². The molecule has 1 saturated carbocycles. The Balaban J connectivity index is 1.85. The molecule has 0 radical (unpaired) electrons. The van der Waals surface area contributed by atoms with Gasteiger partial charge < -0.3 is 9.64 Å². The molecule has 3 heteroatoms. The molecule has 0 bridgehead atoms. The number of hydrogen-bond acceptors (Lipinski definition) is 3. The highest BCUT2D eigenvalue weighted by Gasteiger charge is 2.43. The largest absolute Gasteiger partial charge is 0.496 e. The van der Waals surface area contributed by atoms with Crippen molar-refractivity contribution < 1.29 is 4.74 Å². The fourth-order valence-corrected chi connectivity index (χ4v) is 2.47. The normalized spacial score (nSPS) is 16.2. The van der Waals surface area contributed by atoms with Gasteiger partial charge in [0.15, 0.2) is 0 Å². The van der Waals surface area contributed by atoms with Gasteiger partial charge in [0, 0.05) is 13.1 Å². The molecule has 0 amide bonds. The first-order valence-electron chi connectivity index (χ1n) is 6.82. The van der Waals surface area contributed by atoms with E-state index in [1.54, 1.807) is 7.11 Å². The summed E-state index contributed by atoms with van der Waals surface area (Å²) in [5, 5.41) is 9.09. The van der Waals surface area contributed by atoms with E-state index in [-0.39, 0.29) is 5.41 Å². The first kappa shape index (κ1) is 13.9. The summed E-state index contributed by atoms with van der Waals surface area (Å²) in [4.78, 5) is 2.27. The lowest BCUT2D eigenvalue weighted by Crippen LogP contribution is -2.28. The molecule has 0 heterocycles. The zero-order valence-electron chi connectivity index (χ0n) is 12.1. The van der Waals surface area contributed by atoms with Crippen molar-refractivity contribution >= 4 is 0 Å². The fraction of sp³-hybridized carbons (Fsp3) is 0.562. The van der Waals surface area contributed by atoms with E-state index in [1.165, 1.54) is 11.1 Å². The summed E-state index contributed by atoms with van der Waals surface area (Å²) in [5.74, 6) is 0.943. The molecule has 0 spiro atoms. The molecule has 1 fully saturated rings. The number of likely N-dealkylation sites (N-methyl/N-ethyl adjacent to an activating group) is 1. The molecule has 1 aromatic carbocycles. The Morgan fingerprint density at radius 3 is 2.68 bits per heavy atom. The van der Waals surface area contributed by atoms with Crippen LogP contribution in [0.3, 0.4) is 0 Å². The highest BCUT2D eigenvalue weighted by molar-refractivity contribution is 5.36. The Kier molecular flexibility index (Phi) is 4.11. The van der Waals surface area contributed by atoms with Gasteiger partial charge in [-0.2, -0.15) is 5.26 Å². The maximum absolute atomic E-state index is 9.09. The van der Waals surface area contributed by atoms with Crippen LogP contribution < -0.4 is 4.74 Å². The van der Waals surface area contributed by atoms with Crippen LogP contribution >= 0.6 is 0 Å². The van der Waals surface area contributed by atoms with Crippen molar-refractivity contribution in [3.05, 3.63) is 29.3 Å². The summed E-state index contributed by atoms with van der Waals surface area (Å²) in [5.41, 5.74) is 2.47. The summed E-state index contributed by atoms with van der Waals surface area (Å²) < 4.78 is 5.27. The number of rotatable bonds is 6. The number of ether oxygens (including phenoxy) is 1. The maximum atomic E-state index is 9.09. The molecule has 0 N–H and O–H groups in total. The third kappa shape index (κ3) is 3.48. The number of hydrogen-bond donors (Lipinski definition) is 0. The van der Waals surface area contributed by atoms with Gasteiger partial charge in [-0.1, -0.05) is 12.1 Å². The lowest BCUT2D eigenvalue weighted by atomic mass is 10.1. The number of methoxy groups -OCH3 is 1. The molecule has 19 heavy (non-hydrogen) atoms. The molecule has 0 aliphatic heterocycles. The van der Waals surface area contributed by atoms with Gasteiger partial charge in [-0.05, 0) is 50.4 Å². The van der Waals surface area contributed by atoms with E-state index in [1.807, 2.05) is 6.07 Å². The minimum Gasteiger partial charge on any atom is -0.496 e. The number of nitriles is 1. The Morgan fingerprint density at radius 2 is 2.16 bits per heavy atom. The van der Waals surface area contributed by atoms with Gasteiger partial charge >= 0.3 is 0 Å². The first-order chi connectivity index (χ1) is 9.08. The van der Waals surface area contributed by atoms with Crippen LogP contribution in [0.4, 0.5) is 0 Å². The molecule has 0 aromatic heterocycles. The Bertz CT molecular complexity index is 486. The van der Waals surface area contributed by atoms with Crippen molar-refractivity contribution in [2.24, 2.45) is 5.41 Å². The monoisotopic (exact) mass is 258 g/mol. The number of benzene rings is 1. The van der Waals surface area contributed by atoms with Crippen LogP contribution in [-0.4, -0.2) is 32.1 Å². The predicted molar refractivity (Wildman–Crippen MR) is 76.2 cm³/mol. The molecular formula is C16H22N2O. The van der Waals surface area contributed by atoms with Crippen molar-refractivity contribution in [1.82, 2.24) is 4.90 Å². The Labute approximate surface area is 115 Å². The molecule has 2 rings (SSSR count). The molecule has 102 valence electrons. The van der Waals surface area contributed by atoms with E-state index in [0.29, 0.717) is 0 Å². The third-order valence-electron chi connectivity index (χ3n) is 3.90. The predicted octanol–water partition coefficient (Wildman–Crippen LogP) is 2.78. The van der Waals surface area contributed by atoms with Gasteiger partial charge in [0.25, 0.3) is 0 Å². The molecule has 3 nitrogen and oxygen atoms in total. The van der Waals surface area contributed by atoms with E-state index in [4.69, 9.17) is 10.00 Å². The van der Waals surface area contributed by atoms with Crippen LogP contribution in [0.2, 0.25) is 0 Å². The molecule has 0 unspecified atom stereocenters. The number of aryl methyl sites for hydroxylation is 1. The van der Waals surface area contributed by atoms with Crippen molar-refractivity contribution in [2.45, 2.75) is 26.2 Å². The Hall–Kier alpha value is -1.53. The van der Waals surface area contributed by atoms with Gasteiger partial charge in [0.2, 0.25) is 0 Å². The van der Waals surface area contributed by atoms with E-state index in [0.717, 1.165) is 38.1 Å². The topological polar surface area (TPSA) is 36.3 Å². The Morgan fingerprint density at radius 1 is 1.42 bits per heavy atom. The lowest BCUT2D eigenvalue weighted by molar-refractivity contribution is 0.297. The summed E-state index contributed by atoms with van der Waals surface area (Å²) in [6, 6.07) is 8.78. The zero-order valence-corrected chi connectivity index (χ0v) is 12.1. The van der Waals surface area contributed by atoms with Crippen LogP contribution in [0.5, 0.6) is 5.75 Å². The van der Waals surface area contributed by atoms with Crippen LogP contribution in [0.25, 0.3) is 0 Å². The van der Waals surface area contributed by atoms with Crippen LogP contribution in [0.15, 0.2) is 18.2 Å². The van der Waals surface area contributed by atoms with E-state index < -0.39 is 0 Å². The fourth-order valence-electron chi connectivity index (χ4n) is 2.47. The van der Waals surface area contributed by atoms with Crippen molar-refractivity contribution in [3.63, 3.8) is 0 Å². The third-order valence-corrected chi connectivity index (χ3v) is 3.90. The van der Waals surface area contributed by atoms with Gasteiger partial charge in [-0.3, -0.25) is 0 Å². The van der Waals surface area contributed by atoms with Gasteiger partial charge in [-0.25, -0.2) is 0 Å². The smallest absolute Gasteiger partial charge is 0.121 e. The van der Waals surface area contributed by atoms with Crippen LogP contribution in [-0.2, 0) is 6.42 Å². The molecule has 1 aliphatic carbocycles. The minimum atomic E-state index is -0.0371. The summed E-state index contributed by atoms with van der Waals surface area (Å²) in [6.07, 6.45) is 3.15. The van der Waals surface area contributed by atoms with Crippen molar-refractivity contribution in [1.29, 1.82) is 5.26 Å². The maximum Gasteiger partial charge on any atom is 0.121 e. The van der Waals surface area contributed by atoms with Crippen LogP contribution in [0.1, 0.15) is 24.0 Å². The summed E-state index contributed by atoms with van der Waals surface area (Å²) in [6.45, 7) is 3.97. The zero-order chi connectivity index (χ0) is 13.9. The van der Waals surface area contributed by atoms with E-state index in [2.05, 4.69) is 37.1 Å². The van der Waals surface area contributed by atoms with Crippen molar-refractivity contribution in [3.8, 4) is 11.8 Å². The quantitative estimate of drug-likeness (QED) is 0.787. The second-order valence-corrected chi connectivity index (χ2v) is 5.68. The minimum absolute atomic E-state index is 0.0371. The van der Waals surface area contributed by atoms with Crippen molar-refractivity contribution in [2.75, 3.05) is 27.2 Å². The van der Waals surface area contributed by atoms with E-state index in [9.17, 15) is 0 Å². The summed E-state index contributed by atoms with van der Waals surface area (Å²) in [7, 11) is 3.81. The average Bonchev–Trinajstić information content (AvgIpc) is 3.17. The summed E-state index contributed by atoms with van der Waals surface area (Å²) >= 11 is 0.